The Hall–Kier alpha value is -2.90. The summed E-state index contributed by atoms with van der Waals surface area (Å²) in [6.07, 6.45) is 2.63. The molecule has 1 saturated heterocycles. The van der Waals surface area contributed by atoms with Crippen LogP contribution in [0.4, 0.5) is 0 Å². The van der Waals surface area contributed by atoms with E-state index in [0.717, 1.165) is 18.5 Å². The minimum Gasteiger partial charge on any atom is -0.473 e. The van der Waals surface area contributed by atoms with Gasteiger partial charge in [0.05, 0.1) is 29.1 Å². The molecule has 156 valence electrons. The maximum atomic E-state index is 12.8. The van der Waals surface area contributed by atoms with E-state index in [-0.39, 0.29) is 24.0 Å². The Kier molecular flexibility index (Phi) is 6.51. The Morgan fingerprint density at radius 2 is 2.17 bits per heavy atom. The van der Waals surface area contributed by atoms with Gasteiger partial charge in [-0.05, 0) is 50.9 Å². The molecule has 0 saturated carbocycles. The van der Waals surface area contributed by atoms with Crippen molar-refractivity contribution in [2.75, 3.05) is 13.6 Å². The van der Waals surface area contributed by atoms with Crippen molar-refractivity contribution in [3.8, 4) is 5.88 Å². The fourth-order valence-electron chi connectivity index (χ4n) is 3.60. The molecule has 2 amide bonds. The zero-order valence-electron chi connectivity index (χ0n) is 17.4. The van der Waals surface area contributed by atoms with Crippen LogP contribution < -0.4 is 10.1 Å². The molecule has 1 atom stereocenters. The van der Waals surface area contributed by atoms with E-state index in [9.17, 15) is 9.59 Å². The van der Waals surface area contributed by atoms with Crippen LogP contribution in [0, 0.1) is 6.92 Å². The molecule has 1 fully saturated rings. The predicted octanol–water partition coefficient (Wildman–Crippen LogP) is 2.82. The second-order valence-corrected chi connectivity index (χ2v) is 7.49. The quantitative estimate of drug-likeness (QED) is 0.767. The number of nitrogens with zero attached hydrogens (tertiary/aromatic N) is 3. The standard InChI is InChI=1S/C21H28N4O4/c1-13(2)28-19-12-15(29-24-19)7-10-20(26)25-11-5-6-18(25)17-9-8-16(14(3)23-17)21(27)22-4/h8-9,12-13,18H,5-7,10-11H2,1-4H3,(H,22,27)/t18-/m1/s1. The Morgan fingerprint density at radius 3 is 2.86 bits per heavy atom. The lowest BCUT2D eigenvalue weighted by Crippen LogP contribution is -2.31. The monoisotopic (exact) mass is 400 g/mol. The summed E-state index contributed by atoms with van der Waals surface area (Å²) in [6.45, 7) is 6.36. The summed E-state index contributed by atoms with van der Waals surface area (Å²) in [6, 6.07) is 5.30. The number of ether oxygens (including phenoxy) is 1. The summed E-state index contributed by atoms with van der Waals surface area (Å²) < 4.78 is 10.7. The first-order valence-electron chi connectivity index (χ1n) is 10.0. The van der Waals surface area contributed by atoms with Gasteiger partial charge in [-0.15, -0.1) is 0 Å². The molecule has 8 nitrogen and oxygen atoms in total. The molecule has 2 aromatic heterocycles. The fraction of sp³-hybridized carbons (Fsp3) is 0.524. The number of carbonyl (C=O) groups excluding carboxylic acids is 2. The van der Waals surface area contributed by atoms with Gasteiger partial charge in [-0.2, -0.15) is 0 Å². The number of hydrogen-bond acceptors (Lipinski definition) is 6. The lowest BCUT2D eigenvalue weighted by Gasteiger charge is -2.24. The molecule has 0 spiro atoms. The highest BCUT2D eigenvalue weighted by Crippen LogP contribution is 2.32. The first-order chi connectivity index (χ1) is 13.9. The average molecular weight is 400 g/mol. The number of rotatable bonds is 7. The molecule has 3 heterocycles. The van der Waals surface area contributed by atoms with Crippen LogP contribution in [0.1, 0.15) is 66.7 Å². The molecule has 1 aliphatic rings. The molecule has 0 unspecified atom stereocenters. The largest absolute Gasteiger partial charge is 0.473 e. The van der Waals surface area contributed by atoms with Gasteiger partial charge in [-0.3, -0.25) is 14.6 Å². The van der Waals surface area contributed by atoms with Gasteiger partial charge in [-0.1, -0.05) is 0 Å². The minimum atomic E-state index is -0.159. The highest BCUT2D eigenvalue weighted by atomic mass is 16.5. The molecule has 1 aliphatic heterocycles. The maximum Gasteiger partial charge on any atom is 0.254 e. The SMILES string of the molecule is CNC(=O)c1ccc([C@H]2CCCN2C(=O)CCc2cc(OC(C)C)no2)nc1C. The molecule has 0 aliphatic carbocycles. The van der Waals surface area contributed by atoms with Crippen molar-refractivity contribution in [1.82, 2.24) is 20.4 Å². The van der Waals surface area contributed by atoms with Gasteiger partial charge in [0, 0.05) is 32.5 Å². The van der Waals surface area contributed by atoms with E-state index in [1.54, 1.807) is 19.2 Å². The third-order valence-electron chi connectivity index (χ3n) is 4.97. The minimum absolute atomic E-state index is 0.0192. The number of aryl methyl sites for hydroxylation is 2. The van der Waals surface area contributed by atoms with Crippen molar-refractivity contribution in [2.45, 2.75) is 58.6 Å². The van der Waals surface area contributed by atoms with E-state index in [4.69, 9.17) is 9.26 Å². The van der Waals surface area contributed by atoms with Gasteiger partial charge in [0.1, 0.15) is 5.76 Å². The van der Waals surface area contributed by atoms with Gasteiger partial charge in [-0.25, -0.2) is 0 Å². The Balaban J connectivity index is 1.64. The fourth-order valence-corrected chi connectivity index (χ4v) is 3.60. The smallest absolute Gasteiger partial charge is 0.254 e. The van der Waals surface area contributed by atoms with Crippen molar-refractivity contribution in [1.29, 1.82) is 0 Å². The first kappa shape index (κ1) is 20.8. The van der Waals surface area contributed by atoms with E-state index in [0.29, 0.717) is 42.3 Å². The van der Waals surface area contributed by atoms with E-state index >= 15 is 0 Å². The number of amides is 2. The third kappa shape index (κ3) is 4.93. The third-order valence-corrected chi connectivity index (χ3v) is 4.97. The van der Waals surface area contributed by atoms with Crippen molar-refractivity contribution in [3.05, 3.63) is 40.9 Å². The second-order valence-electron chi connectivity index (χ2n) is 7.49. The van der Waals surface area contributed by atoms with Crippen molar-refractivity contribution in [3.63, 3.8) is 0 Å². The maximum absolute atomic E-state index is 12.8. The van der Waals surface area contributed by atoms with E-state index in [2.05, 4.69) is 15.5 Å². The summed E-state index contributed by atoms with van der Waals surface area (Å²) in [4.78, 5) is 31.2. The summed E-state index contributed by atoms with van der Waals surface area (Å²) >= 11 is 0. The van der Waals surface area contributed by atoms with Crippen molar-refractivity contribution < 1.29 is 18.8 Å². The lowest BCUT2D eigenvalue weighted by atomic mass is 10.1. The van der Waals surface area contributed by atoms with E-state index < -0.39 is 0 Å². The van der Waals surface area contributed by atoms with Crippen LogP contribution in [0.5, 0.6) is 5.88 Å². The van der Waals surface area contributed by atoms with E-state index in [1.807, 2.05) is 31.7 Å². The van der Waals surface area contributed by atoms with Gasteiger partial charge < -0.3 is 19.5 Å². The molecule has 2 aromatic rings. The molecule has 0 bridgehead atoms. The normalized spacial score (nSPS) is 16.3. The van der Waals surface area contributed by atoms with Crippen LogP contribution in [0.2, 0.25) is 0 Å². The summed E-state index contributed by atoms with van der Waals surface area (Å²) in [5, 5.41) is 6.48. The molecule has 3 rings (SSSR count). The molecular formula is C21H28N4O4. The number of hydrogen-bond donors (Lipinski definition) is 1. The lowest BCUT2D eigenvalue weighted by molar-refractivity contribution is -0.132. The predicted molar refractivity (Wildman–Crippen MR) is 107 cm³/mol. The molecule has 29 heavy (non-hydrogen) atoms. The molecule has 1 N–H and O–H groups in total. The van der Waals surface area contributed by atoms with Gasteiger partial charge >= 0.3 is 0 Å². The Labute approximate surface area is 170 Å². The molecule has 8 heteroatoms. The zero-order valence-corrected chi connectivity index (χ0v) is 17.4. The van der Waals surface area contributed by atoms with E-state index in [1.165, 1.54) is 0 Å². The highest BCUT2D eigenvalue weighted by molar-refractivity contribution is 5.94. The van der Waals surface area contributed by atoms with Gasteiger partial charge in [0.2, 0.25) is 5.91 Å². The van der Waals surface area contributed by atoms with Gasteiger partial charge in [0.25, 0.3) is 11.8 Å². The number of aromatic nitrogens is 2. The zero-order chi connectivity index (χ0) is 21.0. The Morgan fingerprint density at radius 1 is 1.38 bits per heavy atom. The molecule has 0 radical (unpaired) electrons. The molecular weight excluding hydrogens is 372 g/mol. The summed E-state index contributed by atoms with van der Waals surface area (Å²) in [5.41, 5.74) is 2.05. The van der Waals surface area contributed by atoms with Crippen LogP contribution in [-0.2, 0) is 11.2 Å². The van der Waals surface area contributed by atoms with Crippen LogP contribution in [0.3, 0.4) is 0 Å². The van der Waals surface area contributed by atoms with Crippen LogP contribution in [0.25, 0.3) is 0 Å². The average Bonchev–Trinajstić information content (AvgIpc) is 3.34. The van der Waals surface area contributed by atoms with Crippen molar-refractivity contribution >= 4 is 11.8 Å². The second kappa shape index (κ2) is 9.07. The molecule has 0 aromatic carbocycles. The summed E-state index contributed by atoms with van der Waals surface area (Å²) in [5.74, 6) is 0.977. The topological polar surface area (TPSA) is 97.6 Å². The number of nitrogens with one attached hydrogen (secondary N) is 1. The number of pyridine rings is 1. The summed E-state index contributed by atoms with van der Waals surface area (Å²) in [7, 11) is 1.60. The Bertz CT molecular complexity index is 877. The first-order valence-corrected chi connectivity index (χ1v) is 10.0. The van der Waals surface area contributed by atoms with Gasteiger partial charge in [0.15, 0.2) is 0 Å². The van der Waals surface area contributed by atoms with Crippen LogP contribution >= 0.6 is 0 Å². The highest BCUT2D eigenvalue weighted by Gasteiger charge is 2.31. The van der Waals surface area contributed by atoms with Crippen LogP contribution in [-0.4, -0.2) is 46.6 Å². The number of likely N-dealkylation sites (tertiary alicyclic amines) is 1. The number of carbonyl (C=O) groups is 2. The van der Waals surface area contributed by atoms with Crippen LogP contribution in [0.15, 0.2) is 22.7 Å². The van der Waals surface area contributed by atoms with Crippen molar-refractivity contribution in [2.24, 2.45) is 0 Å².